The van der Waals surface area contributed by atoms with E-state index in [0.29, 0.717) is 29.9 Å². The van der Waals surface area contributed by atoms with Crippen LogP contribution < -0.4 is 11.2 Å². The fraction of sp³-hybridized carbons (Fsp3) is 0.750. The number of aliphatic hydroxyl groups is 1. The van der Waals surface area contributed by atoms with E-state index in [1.807, 2.05) is 0 Å². The molecule has 1 aliphatic carbocycles. The van der Waals surface area contributed by atoms with Crippen LogP contribution in [0.1, 0.15) is 44.6 Å². The maximum absolute atomic E-state index is 11.8. The zero-order chi connectivity index (χ0) is 15.4. The highest BCUT2D eigenvalue weighted by Crippen LogP contribution is 2.40. The number of nitrogens with zero attached hydrogens (tertiary/aromatic N) is 1. The molecule has 2 rings (SSSR count). The van der Waals surface area contributed by atoms with Crippen LogP contribution in [0.5, 0.6) is 0 Å². The van der Waals surface area contributed by atoms with E-state index < -0.39 is 0 Å². The molecule has 0 amide bonds. The smallest absolute Gasteiger partial charge is 0.328 e. The maximum atomic E-state index is 11.8. The van der Waals surface area contributed by atoms with E-state index in [1.165, 1.54) is 19.3 Å². The molecule has 3 atom stereocenters. The van der Waals surface area contributed by atoms with Crippen molar-refractivity contribution in [2.45, 2.75) is 52.5 Å². The van der Waals surface area contributed by atoms with Gasteiger partial charge in [-0.1, -0.05) is 19.8 Å². The zero-order valence-electron chi connectivity index (χ0n) is 13.0. The highest BCUT2D eigenvalue weighted by Gasteiger charge is 2.30. The summed E-state index contributed by atoms with van der Waals surface area (Å²) in [6.45, 7) is 4.85. The first-order valence-corrected chi connectivity index (χ1v) is 7.94. The molecule has 1 aliphatic rings. The van der Waals surface area contributed by atoms with Gasteiger partial charge in [0.15, 0.2) is 0 Å². The predicted octanol–water partition coefficient (Wildman–Crippen LogP) is 1.67. The van der Waals surface area contributed by atoms with Crippen LogP contribution in [0.3, 0.4) is 0 Å². The maximum Gasteiger partial charge on any atom is 0.328 e. The summed E-state index contributed by atoms with van der Waals surface area (Å²) in [5, 5.41) is 9.10. The number of aliphatic hydroxyl groups excluding tert-OH is 1. The Bertz CT molecular complexity index is 576. The minimum absolute atomic E-state index is 0.253. The summed E-state index contributed by atoms with van der Waals surface area (Å²) >= 11 is 0. The van der Waals surface area contributed by atoms with Crippen molar-refractivity contribution in [2.24, 2.45) is 17.8 Å². The highest BCUT2D eigenvalue weighted by molar-refractivity contribution is 5.00. The van der Waals surface area contributed by atoms with E-state index >= 15 is 0 Å². The summed E-state index contributed by atoms with van der Waals surface area (Å²) in [6, 6.07) is 0. The first-order chi connectivity index (χ1) is 10.0. The molecule has 21 heavy (non-hydrogen) atoms. The van der Waals surface area contributed by atoms with Crippen molar-refractivity contribution in [1.82, 2.24) is 9.55 Å². The molecule has 1 fully saturated rings. The average molecular weight is 294 g/mol. The van der Waals surface area contributed by atoms with Crippen molar-refractivity contribution in [1.29, 1.82) is 0 Å². The Kier molecular flexibility index (Phi) is 5.39. The van der Waals surface area contributed by atoms with E-state index in [2.05, 4.69) is 11.9 Å². The molecule has 5 nitrogen and oxygen atoms in total. The summed E-state index contributed by atoms with van der Waals surface area (Å²) in [7, 11) is 0. The van der Waals surface area contributed by atoms with Crippen molar-refractivity contribution >= 4 is 0 Å². The van der Waals surface area contributed by atoms with Gasteiger partial charge in [0, 0.05) is 24.9 Å². The van der Waals surface area contributed by atoms with E-state index in [4.69, 9.17) is 5.11 Å². The van der Waals surface area contributed by atoms with Crippen LogP contribution >= 0.6 is 0 Å². The van der Waals surface area contributed by atoms with E-state index in [1.54, 1.807) is 17.7 Å². The molecule has 1 heterocycles. The summed E-state index contributed by atoms with van der Waals surface area (Å²) in [5.41, 5.74) is -0.0404. The molecule has 1 saturated carbocycles. The lowest BCUT2D eigenvalue weighted by Crippen LogP contribution is -2.31. The second-order valence-electron chi connectivity index (χ2n) is 6.40. The van der Waals surface area contributed by atoms with Crippen LogP contribution in [0.15, 0.2) is 15.8 Å². The minimum atomic E-state index is -0.316. The van der Waals surface area contributed by atoms with Crippen LogP contribution in [0.4, 0.5) is 0 Å². The minimum Gasteiger partial charge on any atom is -0.396 e. The molecule has 1 aromatic rings. The van der Waals surface area contributed by atoms with Gasteiger partial charge in [0.25, 0.3) is 5.56 Å². The van der Waals surface area contributed by atoms with Crippen molar-refractivity contribution in [3.63, 3.8) is 0 Å². The number of aryl methyl sites for hydroxylation is 2. The Balaban J connectivity index is 2.01. The zero-order valence-corrected chi connectivity index (χ0v) is 13.0. The third-order valence-corrected chi connectivity index (χ3v) is 4.96. The number of H-pyrrole nitrogens is 1. The normalized spacial score (nSPS) is 23.4. The summed E-state index contributed by atoms with van der Waals surface area (Å²) in [6.07, 6.45) is 7.15. The first kappa shape index (κ1) is 16.0. The molecule has 0 spiro atoms. The molecule has 2 N–H and O–H groups in total. The lowest BCUT2D eigenvalue weighted by molar-refractivity contribution is 0.195. The quantitative estimate of drug-likeness (QED) is 0.838. The molecule has 1 aromatic heterocycles. The standard InChI is InChI=1S/C16H26N2O3/c1-11(7-9-19)14-5-3-4-13(14)6-8-18-10-12(2)15(20)17-16(18)21/h10-11,13-14,19H,3-9H2,1-2H3,(H,17,20,21)/t11-,13?,14?/m0/s1. The van der Waals surface area contributed by atoms with E-state index in [-0.39, 0.29) is 17.9 Å². The molecule has 0 saturated heterocycles. The lowest BCUT2D eigenvalue weighted by Gasteiger charge is -2.25. The van der Waals surface area contributed by atoms with Gasteiger partial charge in [0.2, 0.25) is 0 Å². The SMILES string of the molecule is Cc1cn(CCC2CCCC2[C@@H](C)CCO)c(=O)[nH]c1=O. The van der Waals surface area contributed by atoms with Gasteiger partial charge in [0.1, 0.15) is 0 Å². The van der Waals surface area contributed by atoms with E-state index in [9.17, 15) is 9.59 Å². The number of hydrogen-bond acceptors (Lipinski definition) is 3. The Labute approximate surface area is 125 Å². The third kappa shape index (κ3) is 3.84. The highest BCUT2D eigenvalue weighted by atomic mass is 16.3. The van der Waals surface area contributed by atoms with Crippen molar-refractivity contribution in [3.8, 4) is 0 Å². The lowest BCUT2D eigenvalue weighted by atomic mass is 9.82. The number of hydrogen-bond donors (Lipinski definition) is 2. The fourth-order valence-electron chi connectivity index (χ4n) is 3.68. The van der Waals surface area contributed by atoms with Gasteiger partial charge in [-0.15, -0.1) is 0 Å². The molecule has 5 heteroatoms. The molecule has 0 aromatic carbocycles. The fourth-order valence-corrected chi connectivity index (χ4v) is 3.68. The summed E-state index contributed by atoms with van der Waals surface area (Å²) < 4.78 is 1.61. The van der Waals surface area contributed by atoms with Crippen LogP contribution in [-0.2, 0) is 6.54 Å². The van der Waals surface area contributed by atoms with Crippen LogP contribution in [0.2, 0.25) is 0 Å². The number of aromatic amines is 1. The summed E-state index contributed by atoms with van der Waals surface area (Å²) in [5.74, 6) is 1.80. The van der Waals surface area contributed by atoms with Crippen molar-refractivity contribution < 1.29 is 5.11 Å². The second kappa shape index (κ2) is 7.07. The molecule has 2 unspecified atom stereocenters. The van der Waals surface area contributed by atoms with Crippen LogP contribution in [0.25, 0.3) is 0 Å². The molecular weight excluding hydrogens is 268 g/mol. The number of aromatic nitrogens is 2. The average Bonchev–Trinajstić information content (AvgIpc) is 2.90. The topological polar surface area (TPSA) is 75.1 Å². The second-order valence-corrected chi connectivity index (χ2v) is 6.40. The molecule has 0 aliphatic heterocycles. The van der Waals surface area contributed by atoms with Gasteiger partial charge in [-0.25, -0.2) is 4.79 Å². The first-order valence-electron chi connectivity index (χ1n) is 7.94. The molecule has 118 valence electrons. The summed E-state index contributed by atoms with van der Waals surface area (Å²) in [4.78, 5) is 25.5. The van der Waals surface area contributed by atoms with Gasteiger partial charge >= 0.3 is 5.69 Å². The van der Waals surface area contributed by atoms with Gasteiger partial charge in [-0.05, 0) is 43.9 Å². The van der Waals surface area contributed by atoms with E-state index in [0.717, 1.165) is 12.8 Å². The monoisotopic (exact) mass is 294 g/mol. The number of nitrogens with one attached hydrogen (secondary N) is 1. The Morgan fingerprint density at radius 1 is 1.43 bits per heavy atom. The van der Waals surface area contributed by atoms with Gasteiger partial charge < -0.3 is 9.67 Å². The Morgan fingerprint density at radius 2 is 2.19 bits per heavy atom. The largest absolute Gasteiger partial charge is 0.396 e. The van der Waals surface area contributed by atoms with Gasteiger partial charge in [-0.3, -0.25) is 9.78 Å². The van der Waals surface area contributed by atoms with Crippen molar-refractivity contribution in [3.05, 3.63) is 32.6 Å². The molecule has 0 bridgehead atoms. The molecule has 0 radical (unpaired) electrons. The van der Waals surface area contributed by atoms with Gasteiger partial charge in [-0.2, -0.15) is 0 Å². The van der Waals surface area contributed by atoms with Gasteiger partial charge in [0.05, 0.1) is 0 Å². The number of rotatable bonds is 6. The van der Waals surface area contributed by atoms with Crippen molar-refractivity contribution in [2.75, 3.05) is 6.61 Å². The van der Waals surface area contributed by atoms with Crippen LogP contribution in [0, 0.1) is 24.7 Å². The van der Waals surface area contributed by atoms with Crippen LogP contribution in [-0.4, -0.2) is 21.3 Å². The predicted molar refractivity (Wildman–Crippen MR) is 82.4 cm³/mol. The third-order valence-electron chi connectivity index (χ3n) is 4.96. The Hall–Kier alpha value is -1.36. The Morgan fingerprint density at radius 3 is 2.90 bits per heavy atom. The molecular formula is C16H26N2O3.